The van der Waals surface area contributed by atoms with Gasteiger partial charge < -0.3 is 9.64 Å². The van der Waals surface area contributed by atoms with Crippen LogP contribution >= 0.6 is 11.6 Å². The zero-order valence-corrected chi connectivity index (χ0v) is 13.8. The predicted molar refractivity (Wildman–Crippen MR) is 91.1 cm³/mol. The molecule has 1 aliphatic rings. The van der Waals surface area contributed by atoms with Crippen LogP contribution in [0.3, 0.4) is 0 Å². The molecule has 3 rings (SSSR count). The first-order chi connectivity index (χ1) is 10.6. The lowest BCUT2D eigenvalue weighted by molar-refractivity contribution is 0.414. The molecule has 0 amide bonds. The number of ether oxygens (including phenoxy) is 1. The van der Waals surface area contributed by atoms with Crippen LogP contribution in [0.15, 0.2) is 47.5 Å². The van der Waals surface area contributed by atoms with E-state index < -0.39 is 0 Å². The Morgan fingerprint density at radius 2 is 1.86 bits per heavy atom. The minimum Gasteiger partial charge on any atom is -0.497 e. The molecule has 0 fully saturated rings. The summed E-state index contributed by atoms with van der Waals surface area (Å²) in [7, 11) is 5.76. The Balaban J connectivity index is 2.09. The molecule has 4 heteroatoms. The molecule has 0 saturated carbocycles. The van der Waals surface area contributed by atoms with E-state index in [4.69, 9.17) is 21.3 Å². The summed E-state index contributed by atoms with van der Waals surface area (Å²) >= 11 is 6.01. The summed E-state index contributed by atoms with van der Waals surface area (Å²) in [6.45, 7) is 0. The Labute approximate surface area is 136 Å². The van der Waals surface area contributed by atoms with Crippen molar-refractivity contribution in [3.63, 3.8) is 0 Å². The Hall–Kier alpha value is -2.00. The van der Waals surface area contributed by atoms with Crippen LogP contribution < -0.4 is 4.74 Å². The van der Waals surface area contributed by atoms with E-state index in [2.05, 4.69) is 17.0 Å². The van der Waals surface area contributed by atoms with Gasteiger partial charge in [0, 0.05) is 25.5 Å². The SMILES string of the molecule is COc1ccc2c(c1)CC(N(C)C)=NC2c1ccc(Cl)cc1. The molecule has 114 valence electrons. The van der Waals surface area contributed by atoms with E-state index in [-0.39, 0.29) is 6.04 Å². The third-order valence-electron chi connectivity index (χ3n) is 3.97. The topological polar surface area (TPSA) is 24.8 Å². The molecular formula is C18H19ClN2O. The molecule has 0 N–H and O–H groups in total. The Bertz CT molecular complexity index is 708. The maximum atomic E-state index is 6.01. The van der Waals surface area contributed by atoms with Crippen LogP contribution in [-0.4, -0.2) is 31.9 Å². The van der Waals surface area contributed by atoms with E-state index in [1.54, 1.807) is 7.11 Å². The molecule has 22 heavy (non-hydrogen) atoms. The van der Waals surface area contributed by atoms with Gasteiger partial charge >= 0.3 is 0 Å². The van der Waals surface area contributed by atoms with Gasteiger partial charge in [-0.2, -0.15) is 0 Å². The summed E-state index contributed by atoms with van der Waals surface area (Å²) in [6.07, 6.45) is 0.823. The first kappa shape index (κ1) is 14.9. The van der Waals surface area contributed by atoms with Crippen molar-refractivity contribution in [2.45, 2.75) is 12.5 Å². The molecule has 0 saturated heterocycles. The maximum Gasteiger partial charge on any atom is 0.119 e. The summed E-state index contributed by atoms with van der Waals surface area (Å²) < 4.78 is 5.36. The maximum absolute atomic E-state index is 6.01. The standard InChI is InChI=1S/C18H19ClN2O/c1-21(2)17-11-13-10-15(22-3)8-9-16(13)18(20-17)12-4-6-14(19)7-5-12/h4-10,18H,11H2,1-3H3. The summed E-state index contributed by atoms with van der Waals surface area (Å²) in [5.41, 5.74) is 3.64. The number of hydrogen-bond donors (Lipinski definition) is 0. The third kappa shape index (κ3) is 2.81. The highest BCUT2D eigenvalue weighted by molar-refractivity contribution is 6.30. The zero-order chi connectivity index (χ0) is 15.7. The molecule has 2 aromatic carbocycles. The van der Waals surface area contributed by atoms with Gasteiger partial charge in [-0.3, -0.25) is 4.99 Å². The fraction of sp³-hybridized carbons (Fsp3) is 0.278. The highest BCUT2D eigenvalue weighted by Crippen LogP contribution is 2.35. The average Bonchev–Trinajstić information content (AvgIpc) is 2.54. The third-order valence-corrected chi connectivity index (χ3v) is 4.23. The lowest BCUT2D eigenvalue weighted by Gasteiger charge is -2.28. The summed E-state index contributed by atoms with van der Waals surface area (Å²) in [5.74, 6) is 1.95. The number of halogens is 1. The van der Waals surface area contributed by atoms with Crippen LogP contribution in [0.4, 0.5) is 0 Å². The van der Waals surface area contributed by atoms with Crippen LogP contribution in [0.25, 0.3) is 0 Å². The van der Waals surface area contributed by atoms with Gasteiger partial charge in [-0.05, 0) is 41.0 Å². The smallest absolute Gasteiger partial charge is 0.119 e. The van der Waals surface area contributed by atoms with Crippen molar-refractivity contribution in [1.29, 1.82) is 0 Å². The van der Waals surface area contributed by atoms with E-state index in [0.29, 0.717) is 0 Å². The Morgan fingerprint density at radius 1 is 1.14 bits per heavy atom. The Morgan fingerprint density at radius 3 is 2.50 bits per heavy atom. The highest BCUT2D eigenvalue weighted by atomic mass is 35.5. The van der Waals surface area contributed by atoms with Crippen LogP contribution in [0, 0.1) is 0 Å². The first-order valence-electron chi connectivity index (χ1n) is 7.25. The number of aliphatic imine (C=N–C) groups is 1. The molecule has 0 aliphatic carbocycles. The molecule has 0 aromatic heterocycles. The monoisotopic (exact) mass is 314 g/mol. The van der Waals surface area contributed by atoms with Gasteiger partial charge in [0.25, 0.3) is 0 Å². The first-order valence-corrected chi connectivity index (χ1v) is 7.62. The highest BCUT2D eigenvalue weighted by Gasteiger charge is 2.24. The molecule has 1 unspecified atom stereocenters. The number of nitrogens with zero attached hydrogens (tertiary/aromatic N) is 2. The number of amidine groups is 1. The van der Waals surface area contributed by atoms with Gasteiger partial charge in [0.1, 0.15) is 17.6 Å². The van der Waals surface area contributed by atoms with Crippen molar-refractivity contribution < 1.29 is 4.74 Å². The van der Waals surface area contributed by atoms with Gasteiger partial charge in [0.2, 0.25) is 0 Å². The summed E-state index contributed by atoms with van der Waals surface area (Å²) in [4.78, 5) is 7.01. The van der Waals surface area contributed by atoms with Gasteiger partial charge in [0.15, 0.2) is 0 Å². The number of likely N-dealkylation sites (N-methyl/N-ethyl adjacent to an activating group) is 1. The zero-order valence-electron chi connectivity index (χ0n) is 13.0. The van der Waals surface area contributed by atoms with E-state index >= 15 is 0 Å². The second-order valence-electron chi connectivity index (χ2n) is 5.64. The second kappa shape index (κ2) is 6.01. The van der Waals surface area contributed by atoms with Gasteiger partial charge in [-0.15, -0.1) is 0 Å². The quantitative estimate of drug-likeness (QED) is 0.838. The molecule has 2 aromatic rings. The number of fused-ring (bicyclic) bond motifs is 1. The number of rotatable bonds is 2. The van der Waals surface area contributed by atoms with Crippen molar-refractivity contribution in [2.75, 3.05) is 21.2 Å². The van der Waals surface area contributed by atoms with Crippen LogP contribution in [0.5, 0.6) is 5.75 Å². The fourth-order valence-corrected chi connectivity index (χ4v) is 2.86. The number of benzene rings is 2. The number of methoxy groups -OCH3 is 1. The largest absolute Gasteiger partial charge is 0.497 e. The van der Waals surface area contributed by atoms with Gasteiger partial charge in [-0.1, -0.05) is 29.8 Å². The normalized spacial score (nSPS) is 16.7. The van der Waals surface area contributed by atoms with Crippen molar-refractivity contribution in [3.05, 3.63) is 64.2 Å². The van der Waals surface area contributed by atoms with Crippen LogP contribution in [-0.2, 0) is 6.42 Å². The lowest BCUT2D eigenvalue weighted by atomic mass is 9.90. The lowest BCUT2D eigenvalue weighted by Crippen LogP contribution is -2.28. The second-order valence-corrected chi connectivity index (χ2v) is 6.07. The summed E-state index contributed by atoms with van der Waals surface area (Å²) in [6, 6.07) is 14.1. The van der Waals surface area contributed by atoms with Crippen molar-refractivity contribution in [3.8, 4) is 5.75 Å². The summed E-state index contributed by atoms with van der Waals surface area (Å²) in [5, 5.41) is 0.742. The molecule has 1 heterocycles. The molecule has 0 spiro atoms. The Kier molecular flexibility index (Phi) is 4.08. The molecular weight excluding hydrogens is 296 g/mol. The molecule has 0 radical (unpaired) electrons. The number of hydrogen-bond acceptors (Lipinski definition) is 3. The fourth-order valence-electron chi connectivity index (χ4n) is 2.74. The van der Waals surface area contributed by atoms with E-state index in [1.165, 1.54) is 11.1 Å². The van der Waals surface area contributed by atoms with Crippen molar-refractivity contribution in [2.24, 2.45) is 4.99 Å². The molecule has 1 atom stereocenters. The van der Waals surface area contributed by atoms with E-state index in [1.807, 2.05) is 44.4 Å². The minimum absolute atomic E-state index is 0.00400. The van der Waals surface area contributed by atoms with Gasteiger partial charge in [-0.25, -0.2) is 0 Å². The van der Waals surface area contributed by atoms with Gasteiger partial charge in [0.05, 0.1) is 7.11 Å². The average molecular weight is 315 g/mol. The minimum atomic E-state index is 0.00400. The molecule has 0 bridgehead atoms. The van der Waals surface area contributed by atoms with Crippen LogP contribution in [0.1, 0.15) is 22.7 Å². The molecule has 3 nitrogen and oxygen atoms in total. The van der Waals surface area contributed by atoms with Crippen molar-refractivity contribution >= 4 is 17.4 Å². The van der Waals surface area contributed by atoms with E-state index in [9.17, 15) is 0 Å². The molecule has 1 aliphatic heterocycles. The predicted octanol–water partition coefficient (Wildman–Crippen LogP) is 3.95. The van der Waals surface area contributed by atoms with E-state index in [0.717, 1.165) is 28.6 Å². The van der Waals surface area contributed by atoms with Crippen LogP contribution in [0.2, 0.25) is 5.02 Å². The van der Waals surface area contributed by atoms with Crippen molar-refractivity contribution in [1.82, 2.24) is 4.90 Å².